The average Bonchev–Trinajstić information content (AvgIpc) is 2.82. The van der Waals surface area contributed by atoms with Crippen molar-refractivity contribution in [1.82, 2.24) is 10.3 Å². The van der Waals surface area contributed by atoms with Crippen LogP contribution < -0.4 is 10.0 Å². The molecule has 0 spiro atoms. The van der Waals surface area contributed by atoms with E-state index in [0.29, 0.717) is 11.9 Å². The maximum atomic E-state index is 13.3. The standard InChI is InChI=1S/C26H25N3O3S/c1-3-22(19-10-5-4-6-11-19)28-26(30)21-13-7-8-14-23(21)29-33(31,32)24-15-9-12-20-17-16-18(2)27-25(20)24/h4-17,22,29H,3H2,1-2H3,(H,28,30). The lowest BCUT2D eigenvalue weighted by atomic mass is 10.0. The first kappa shape index (κ1) is 22.5. The van der Waals surface area contributed by atoms with E-state index in [2.05, 4.69) is 15.0 Å². The van der Waals surface area contributed by atoms with E-state index in [1.54, 1.807) is 30.3 Å². The number of carbonyl (C=O) groups is 1. The van der Waals surface area contributed by atoms with Crippen LogP contribution in [0.3, 0.4) is 0 Å². The highest BCUT2D eigenvalue weighted by Crippen LogP contribution is 2.26. The average molecular weight is 460 g/mol. The van der Waals surface area contributed by atoms with Crippen LogP contribution in [0.25, 0.3) is 10.9 Å². The van der Waals surface area contributed by atoms with Crippen LogP contribution in [0.2, 0.25) is 0 Å². The second-order valence-electron chi connectivity index (χ2n) is 7.78. The number of anilines is 1. The summed E-state index contributed by atoms with van der Waals surface area (Å²) >= 11 is 0. The van der Waals surface area contributed by atoms with Crippen molar-refractivity contribution in [3.8, 4) is 0 Å². The molecule has 1 unspecified atom stereocenters. The number of aryl methyl sites for hydroxylation is 1. The highest BCUT2D eigenvalue weighted by Gasteiger charge is 2.22. The molecular formula is C26H25N3O3S. The second kappa shape index (κ2) is 9.42. The Kier molecular flexibility index (Phi) is 6.42. The summed E-state index contributed by atoms with van der Waals surface area (Å²) in [6.45, 7) is 3.80. The fraction of sp³-hybridized carbons (Fsp3) is 0.154. The summed E-state index contributed by atoms with van der Waals surface area (Å²) in [5, 5.41) is 3.74. The summed E-state index contributed by atoms with van der Waals surface area (Å²) in [7, 11) is -3.99. The number of amides is 1. The third-order valence-corrected chi connectivity index (χ3v) is 6.84. The monoisotopic (exact) mass is 459 g/mol. The molecule has 0 radical (unpaired) electrons. The number of hydrogen-bond acceptors (Lipinski definition) is 4. The molecule has 6 nitrogen and oxygen atoms in total. The Hall–Kier alpha value is -3.71. The molecule has 0 aliphatic heterocycles. The van der Waals surface area contributed by atoms with Gasteiger partial charge in [-0.25, -0.2) is 8.42 Å². The Balaban J connectivity index is 1.65. The third kappa shape index (κ3) is 4.88. The van der Waals surface area contributed by atoms with Crippen LogP contribution in [0, 0.1) is 6.92 Å². The lowest BCUT2D eigenvalue weighted by Crippen LogP contribution is -2.29. The van der Waals surface area contributed by atoms with Crippen LogP contribution in [0.15, 0.2) is 89.8 Å². The predicted molar refractivity (Wildman–Crippen MR) is 131 cm³/mol. The van der Waals surface area contributed by atoms with E-state index < -0.39 is 10.0 Å². The summed E-state index contributed by atoms with van der Waals surface area (Å²) < 4.78 is 29.2. The van der Waals surface area contributed by atoms with Crippen molar-refractivity contribution in [3.05, 3.63) is 102 Å². The van der Waals surface area contributed by atoms with E-state index in [4.69, 9.17) is 0 Å². The van der Waals surface area contributed by atoms with Crippen LogP contribution in [-0.2, 0) is 10.0 Å². The smallest absolute Gasteiger partial charge is 0.264 e. The summed E-state index contributed by atoms with van der Waals surface area (Å²) in [6.07, 6.45) is 0.699. The first-order valence-electron chi connectivity index (χ1n) is 10.7. The second-order valence-corrected chi connectivity index (χ2v) is 9.43. The molecule has 0 aliphatic rings. The summed E-state index contributed by atoms with van der Waals surface area (Å²) in [5.41, 5.74) is 2.56. The van der Waals surface area contributed by atoms with Crippen molar-refractivity contribution in [2.75, 3.05) is 4.72 Å². The summed E-state index contributed by atoms with van der Waals surface area (Å²) in [4.78, 5) is 17.6. The molecule has 4 aromatic rings. The fourth-order valence-corrected chi connectivity index (χ4v) is 5.00. The van der Waals surface area contributed by atoms with Crippen molar-refractivity contribution in [3.63, 3.8) is 0 Å². The van der Waals surface area contributed by atoms with Crippen molar-refractivity contribution in [2.24, 2.45) is 0 Å². The number of nitrogens with zero attached hydrogens (tertiary/aromatic N) is 1. The molecule has 7 heteroatoms. The van der Waals surface area contributed by atoms with Crippen molar-refractivity contribution < 1.29 is 13.2 Å². The molecule has 0 aliphatic carbocycles. The summed E-state index contributed by atoms with van der Waals surface area (Å²) in [5.74, 6) is -0.351. The Labute approximate surface area is 193 Å². The maximum absolute atomic E-state index is 13.3. The number of carbonyl (C=O) groups excluding carboxylic acids is 1. The molecule has 1 aromatic heterocycles. The minimum atomic E-state index is -3.99. The first-order valence-corrected chi connectivity index (χ1v) is 12.2. The zero-order valence-corrected chi connectivity index (χ0v) is 19.3. The molecule has 4 rings (SSSR count). The molecule has 0 fully saturated rings. The van der Waals surface area contributed by atoms with E-state index in [9.17, 15) is 13.2 Å². The van der Waals surface area contributed by atoms with Crippen LogP contribution in [0.1, 0.15) is 41.0 Å². The van der Waals surface area contributed by atoms with Gasteiger partial charge in [-0.3, -0.25) is 14.5 Å². The van der Waals surface area contributed by atoms with Gasteiger partial charge in [0.25, 0.3) is 15.9 Å². The topological polar surface area (TPSA) is 88.2 Å². The molecule has 2 N–H and O–H groups in total. The zero-order chi connectivity index (χ0) is 23.4. The number of rotatable bonds is 7. The van der Waals surface area contributed by atoms with Crippen LogP contribution in [0.4, 0.5) is 5.69 Å². The molecule has 1 heterocycles. The zero-order valence-electron chi connectivity index (χ0n) is 18.4. The molecule has 0 saturated carbocycles. The number of pyridine rings is 1. The molecule has 33 heavy (non-hydrogen) atoms. The van der Waals surface area contributed by atoms with Gasteiger partial charge < -0.3 is 5.32 Å². The number of para-hydroxylation sites is 2. The predicted octanol–water partition coefficient (Wildman–Crippen LogP) is 5.23. The van der Waals surface area contributed by atoms with Crippen LogP contribution in [0.5, 0.6) is 0 Å². The number of hydrogen-bond donors (Lipinski definition) is 2. The largest absolute Gasteiger partial charge is 0.345 e. The Morgan fingerprint density at radius 1 is 0.909 bits per heavy atom. The van der Waals surface area contributed by atoms with Gasteiger partial charge in [0.2, 0.25) is 0 Å². The normalized spacial score (nSPS) is 12.3. The van der Waals surface area contributed by atoms with E-state index in [0.717, 1.165) is 16.6 Å². The van der Waals surface area contributed by atoms with Gasteiger partial charge in [-0.2, -0.15) is 0 Å². The number of benzene rings is 3. The molecule has 168 valence electrons. The number of aromatic nitrogens is 1. The van der Waals surface area contributed by atoms with Gasteiger partial charge in [0.15, 0.2) is 0 Å². The van der Waals surface area contributed by atoms with Crippen molar-refractivity contribution in [1.29, 1.82) is 0 Å². The van der Waals surface area contributed by atoms with Gasteiger partial charge in [-0.1, -0.05) is 67.6 Å². The van der Waals surface area contributed by atoms with E-state index in [1.165, 1.54) is 6.07 Å². The van der Waals surface area contributed by atoms with Gasteiger partial charge in [-0.05, 0) is 43.2 Å². The van der Waals surface area contributed by atoms with Crippen LogP contribution in [-0.4, -0.2) is 19.3 Å². The van der Waals surface area contributed by atoms with Crippen molar-refractivity contribution in [2.45, 2.75) is 31.2 Å². The Morgan fingerprint density at radius 3 is 2.39 bits per heavy atom. The first-order chi connectivity index (χ1) is 15.9. The van der Waals surface area contributed by atoms with E-state index in [-0.39, 0.29) is 28.1 Å². The minimum Gasteiger partial charge on any atom is -0.345 e. The molecule has 3 aromatic carbocycles. The van der Waals surface area contributed by atoms with Gasteiger partial charge in [0.1, 0.15) is 4.90 Å². The number of nitrogens with one attached hydrogen (secondary N) is 2. The highest BCUT2D eigenvalue weighted by atomic mass is 32.2. The highest BCUT2D eigenvalue weighted by molar-refractivity contribution is 7.93. The van der Waals surface area contributed by atoms with Crippen LogP contribution >= 0.6 is 0 Å². The Morgan fingerprint density at radius 2 is 1.64 bits per heavy atom. The molecule has 0 saturated heterocycles. The van der Waals surface area contributed by atoms with Gasteiger partial charge in [0, 0.05) is 11.1 Å². The number of sulfonamides is 1. The van der Waals surface area contributed by atoms with Crippen molar-refractivity contribution >= 4 is 32.5 Å². The molecule has 1 amide bonds. The molecule has 0 bridgehead atoms. The lowest BCUT2D eigenvalue weighted by Gasteiger charge is -2.19. The summed E-state index contributed by atoms with van der Waals surface area (Å²) in [6, 6.07) is 24.8. The van der Waals surface area contributed by atoms with E-state index in [1.807, 2.05) is 62.4 Å². The maximum Gasteiger partial charge on any atom is 0.264 e. The van der Waals surface area contributed by atoms with Gasteiger partial charge in [-0.15, -0.1) is 0 Å². The SMILES string of the molecule is CCC(NC(=O)c1ccccc1NS(=O)(=O)c1cccc2ccc(C)nc12)c1ccccc1. The quantitative estimate of drug-likeness (QED) is 0.396. The number of fused-ring (bicyclic) bond motifs is 1. The van der Waals surface area contributed by atoms with E-state index >= 15 is 0 Å². The fourth-order valence-electron chi connectivity index (χ4n) is 3.75. The molecule has 1 atom stereocenters. The van der Waals surface area contributed by atoms with Gasteiger partial charge in [0.05, 0.1) is 22.8 Å². The third-order valence-electron chi connectivity index (χ3n) is 5.44. The minimum absolute atomic E-state index is 0.0645. The Bertz CT molecular complexity index is 1400. The lowest BCUT2D eigenvalue weighted by molar-refractivity contribution is 0.0936. The molecular weight excluding hydrogens is 434 g/mol. The van der Waals surface area contributed by atoms with Gasteiger partial charge >= 0.3 is 0 Å².